The first-order valence-electron chi connectivity index (χ1n) is 42.7. The van der Waals surface area contributed by atoms with Crippen molar-refractivity contribution in [1.82, 2.24) is 31.9 Å². The number of hydrogen-bond acceptors (Lipinski definition) is 53. The van der Waals surface area contributed by atoms with Gasteiger partial charge < -0.3 is 265 Å². The quantitative estimate of drug-likeness (QED) is 0.0275. The smallest absolute Gasteiger partial charge is 0.364 e. The highest BCUT2D eigenvalue weighted by Gasteiger charge is 2.63. The Hall–Kier alpha value is -5.55. The largest absolute Gasteiger partial charge is 0.477 e. The zero-order chi connectivity index (χ0) is 99.9. The molecule has 6 amide bonds. The number of aliphatic hydroxyl groups excluding tert-OH is 27. The van der Waals surface area contributed by atoms with Crippen LogP contribution in [0.1, 0.15) is 48.0 Å². The third kappa shape index (κ3) is 25.2. The standard InChI is InChI=1S/C75H124N6O54/c1-18(90)76-35-24(96)7-75(74(115)116,135-61(35)41(98)25(97)8-82)118-17-34-45(102)47(104)37(78-20(3)92)66(126-34)129-58-30(13-87)124-69(39(49(58)106)80-22(5)94)134-64-54(111)44(101)28(11-85)122-73(64)132-62-46(103)33(127-71(56(62)113)131-60-32(15-89)123-67(38(50(60)107)79-21(4)93)128-57-29(12-86)119-65(114)36(48(57)105)77-19(2)91)16-117-72-63(53(110)43(100)27(10-84)121-72)133-68-40(81-23(6)95)51(108)59(31(14-88)125-68)130-70-55(112)52(109)42(99)26(9-83)120-70/h24-73,82-89,96-114H,7-17H2,1-6H3,(H,76,90)(H,77,91)(H,78,92)(H,79,93)(H,80,94)(H,81,95)(H,115,116)/t24-,25+,26+,27+,28+,29+,30+,31+,32+,33+,34+,35+,36+,37+,38+,39+,40+,41+,42-,43+,44+,45-,46+,47+,48+,49+,50+,51+,52-,53-,54-,55+,56-,57+,58+,59+,60+,61+,62-,63-,64-,65+,66-,67-,68-,69-,70-,71-,72-,73+,75+/m0/s1. The van der Waals surface area contributed by atoms with Crippen molar-refractivity contribution in [2.75, 3.05) is 66.1 Å². The Kier molecular flexibility index (Phi) is 40.0. The normalized spacial score (nSPS) is 46.4. The summed E-state index contributed by atoms with van der Waals surface area (Å²) in [5.74, 6) is -10.9. The van der Waals surface area contributed by atoms with E-state index in [0.717, 1.165) is 41.5 Å². The maximum absolute atomic E-state index is 13.4. The van der Waals surface area contributed by atoms with Crippen molar-refractivity contribution in [2.24, 2.45) is 0 Å². The minimum absolute atomic E-state index is 0.817. The van der Waals surface area contributed by atoms with Gasteiger partial charge in [-0.05, 0) is 0 Å². The van der Waals surface area contributed by atoms with Gasteiger partial charge in [0.15, 0.2) is 56.6 Å². The number of carboxylic acids is 1. The van der Waals surface area contributed by atoms with E-state index in [2.05, 4.69) is 31.9 Å². The molecule has 0 aromatic rings. The zero-order valence-electron chi connectivity index (χ0n) is 72.8. The molecule has 0 radical (unpaired) electrons. The maximum atomic E-state index is 13.4. The van der Waals surface area contributed by atoms with E-state index in [1.54, 1.807) is 0 Å². The molecule has 0 unspecified atom stereocenters. The summed E-state index contributed by atoms with van der Waals surface area (Å²) in [5.41, 5.74) is 0. The Labute approximate surface area is 764 Å². The molecule has 10 aliphatic heterocycles. The van der Waals surface area contributed by atoms with Crippen molar-refractivity contribution >= 4 is 41.4 Å². The number of aliphatic carboxylic acids is 1. The fraction of sp³-hybridized carbons (Fsp3) is 0.907. The predicted molar refractivity (Wildman–Crippen MR) is 416 cm³/mol. The Balaban J connectivity index is 0.974. The van der Waals surface area contributed by atoms with E-state index in [1.165, 1.54) is 0 Å². The molecular formula is C75H124N6O54. The van der Waals surface area contributed by atoms with Gasteiger partial charge in [0.05, 0.1) is 78.2 Å². The van der Waals surface area contributed by atoms with E-state index >= 15 is 0 Å². The number of aliphatic hydroxyl groups is 27. The summed E-state index contributed by atoms with van der Waals surface area (Å²) in [6, 6.07) is -11.4. The van der Waals surface area contributed by atoms with Crippen molar-refractivity contribution in [3.63, 3.8) is 0 Å². The van der Waals surface area contributed by atoms with Crippen LogP contribution in [0.15, 0.2) is 0 Å². The minimum atomic E-state index is -3.13. The molecule has 0 aromatic carbocycles. The summed E-state index contributed by atoms with van der Waals surface area (Å²) < 4.78 is 113. The molecule has 0 saturated carbocycles. The van der Waals surface area contributed by atoms with Crippen LogP contribution in [-0.2, 0) is 124 Å². The number of nitrogens with one attached hydrogen (secondary N) is 6. The predicted octanol–water partition coefficient (Wildman–Crippen LogP) is -22.7. The fourth-order valence-electron chi connectivity index (χ4n) is 17.3. The summed E-state index contributed by atoms with van der Waals surface area (Å²) in [6.45, 7) is -6.27. The lowest BCUT2D eigenvalue weighted by Crippen LogP contribution is -2.71. The van der Waals surface area contributed by atoms with Gasteiger partial charge in [-0.15, -0.1) is 0 Å². The van der Waals surface area contributed by atoms with Crippen molar-refractivity contribution in [2.45, 2.75) is 360 Å². The molecule has 778 valence electrons. The molecule has 0 aliphatic carbocycles. The lowest BCUT2D eigenvalue weighted by atomic mass is 9.88. The number of carbonyl (C=O) groups excluding carboxylic acids is 6. The fourth-order valence-corrected chi connectivity index (χ4v) is 17.3. The topological polar surface area (TPSA) is 933 Å². The molecule has 60 nitrogen and oxygen atoms in total. The summed E-state index contributed by atoms with van der Waals surface area (Å²) in [4.78, 5) is 89.9. The lowest BCUT2D eigenvalue weighted by molar-refractivity contribution is -0.398. The highest BCUT2D eigenvalue weighted by atomic mass is 16.8. The van der Waals surface area contributed by atoms with Crippen molar-refractivity contribution in [3.05, 3.63) is 0 Å². The van der Waals surface area contributed by atoms with Crippen LogP contribution in [-0.4, -0.2) is 563 Å². The molecule has 10 aliphatic rings. The third-order valence-corrected chi connectivity index (χ3v) is 24.3. The zero-order valence-corrected chi connectivity index (χ0v) is 72.8. The van der Waals surface area contributed by atoms with Gasteiger partial charge in [-0.2, -0.15) is 0 Å². The second-order valence-corrected chi connectivity index (χ2v) is 33.9. The van der Waals surface area contributed by atoms with Crippen LogP contribution >= 0.6 is 0 Å². The maximum Gasteiger partial charge on any atom is 0.364 e. The average molecular weight is 1970 g/mol. The molecule has 0 bridgehead atoms. The van der Waals surface area contributed by atoms with Gasteiger partial charge in [-0.3, -0.25) is 28.8 Å². The molecule has 10 heterocycles. The first-order chi connectivity index (χ1) is 63.7. The van der Waals surface area contributed by atoms with E-state index in [-0.39, 0.29) is 0 Å². The van der Waals surface area contributed by atoms with Gasteiger partial charge in [0.25, 0.3) is 5.79 Å². The van der Waals surface area contributed by atoms with Crippen LogP contribution in [0.5, 0.6) is 0 Å². The van der Waals surface area contributed by atoms with Crippen LogP contribution in [0.25, 0.3) is 0 Å². The molecule has 10 rings (SSSR count). The lowest BCUT2D eigenvalue weighted by Gasteiger charge is -2.51. The monoisotopic (exact) mass is 1970 g/mol. The summed E-state index contributed by atoms with van der Waals surface area (Å²) in [7, 11) is 0. The Bertz CT molecular complexity index is 3820. The molecule has 10 saturated heterocycles. The van der Waals surface area contributed by atoms with E-state index in [1.807, 2.05) is 0 Å². The van der Waals surface area contributed by atoms with E-state index in [0.29, 0.717) is 0 Å². The minimum Gasteiger partial charge on any atom is -0.477 e. The van der Waals surface area contributed by atoms with Gasteiger partial charge in [0.2, 0.25) is 35.4 Å². The highest BCUT2D eigenvalue weighted by Crippen LogP contribution is 2.42. The van der Waals surface area contributed by atoms with Crippen molar-refractivity contribution in [1.29, 1.82) is 0 Å². The second kappa shape index (κ2) is 48.5. The van der Waals surface area contributed by atoms with Crippen molar-refractivity contribution in [3.8, 4) is 0 Å². The van der Waals surface area contributed by atoms with Crippen molar-refractivity contribution < 1.29 is 267 Å². The Morgan fingerprint density at radius 2 is 0.607 bits per heavy atom. The number of ether oxygens (including phenoxy) is 19. The van der Waals surface area contributed by atoms with Gasteiger partial charge >= 0.3 is 5.97 Å². The van der Waals surface area contributed by atoms with Gasteiger partial charge in [-0.1, -0.05) is 0 Å². The Morgan fingerprint density at radius 1 is 0.304 bits per heavy atom. The number of carbonyl (C=O) groups is 7. The van der Waals surface area contributed by atoms with E-state index < -0.39 is 426 Å². The van der Waals surface area contributed by atoms with Gasteiger partial charge in [0.1, 0.15) is 238 Å². The Morgan fingerprint density at radius 3 is 1.01 bits per heavy atom. The van der Waals surface area contributed by atoms with E-state index in [9.17, 15) is 177 Å². The first-order valence-corrected chi connectivity index (χ1v) is 42.7. The van der Waals surface area contributed by atoms with Gasteiger partial charge in [-0.25, -0.2) is 4.79 Å². The average Bonchev–Trinajstić information content (AvgIpc) is 0.765. The molecule has 51 atom stereocenters. The molecule has 34 N–H and O–H groups in total. The molecule has 135 heavy (non-hydrogen) atoms. The highest BCUT2D eigenvalue weighted by molar-refractivity contribution is 5.77. The van der Waals surface area contributed by atoms with Crippen LogP contribution in [0.3, 0.4) is 0 Å². The van der Waals surface area contributed by atoms with Crippen LogP contribution < -0.4 is 31.9 Å². The number of amides is 6. The molecular weight excluding hydrogens is 1850 g/mol. The first kappa shape index (κ1) is 111. The summed E-state index contributed by atoms with van der Waals surface area (Å²) in [6.07, 6.45) is -96.9. The van der Waals surface area contributed by atoms with Crippen LogP contribution in [0.2, 0.25) is 0 Å². The van der Waals surface area contributed by atoms with E-state index in [4.69, 9.17) is 90.0 Å². The van der Waals surface area contributed by atoms with Gasteiger partial charge in [0, 0.05) is 48.0 Å². The number of hydrogen-bond donors (Lipinski definition) is 34. The third-order valence-electron chi connectivity index (χ3n) is 24.3. The second-order valence-electron chi connectivity index (χ2n) is 33.9. The summed E-state index contributed by atoms with van der Waals surface area (Å²) >= 11 is 0. The number of rotatable bonds is 37. The molecule has 60 heteroatoms. The molecule has 10 fully saturated rings. The van der Waals surface area contributed by atoms with Crippen LogP contribution in [0.4, 0.5) is 0 Å². The molecule has 0 aromatic heterocycles. The molecule has 0 spiro atoms. The summed E-state index contributed by atoms with van der Waals surface area (Å²) in [5, 5.41) is 329. The number of carboxylic acid groups (broad SMARTS) is 1. The SMILES string of the molecule is CC(=O)N[C@@H]1[C@@H](O)[C@H](O[C@@H]2O[C@H](CO)[C@@H](O[C@@H]3O[C@H](CO[C@H]4O[C@H](CO)[C@@H](O)[C@H](O)[C@@H]4O[C@@H]4O[C@H](CO)[C@@H](O[C@@H]5O[C@H](CO)[C@H](O)[C@H](O)[C@H]5O)[C@H](O)[C@H]4NC(C)=O)[C@@H](O)[C@H](O[C@H]4O[C@H](CO)[C@@H](O)[C@H](O)[C@@H]4O[C@@H]4O[C@H](CO)[C@@H](O[C@@H]5O[C@H](CO[C@]6(C(=O)O)C[C@H](O)[C@@H](NC(C)=O)[C@H]([C@H](O)[C@H](O)CO)O6)[C@H](O)[C@H](O)[C@H]5NC(C)=O)[C@H](O)[C@H]4NC(C)=O)[C@@H]3O)[C@H](O)[C@H]2NC(C)=O)[C@@H](CO)O[C@H]1O. The van der Waals surface area contributed by atoms with Crippen LogP contribution in [0, 0.1) is 0 Å².